The van der Waals surface area contributed by atoms with Crippen LogP contribution in [0, 0.1) is 5.92 Å². The number of nitrogens with zero attached hydrogens (tertiary/aromatic N) is 1. The highest BCUT2D eigenvalue weighted by Crippen LogP contribution is 2.14. The molecule has 1 aromatic carbocycles. The van der Waals surface area contributed by atoms with E-state index in [1.54, 1.807) is 0 Å². The Bertz CT molecular complexity index is 718. The summed E-state index contributed by atoms with van der Waals surface area (Å²) in [6.45, 7) is 4.64. The lowest BCUT2D eigenvalue weighted by Crippen LogP contribution is -2.36. The molecule has 0 saturated heterocycles. The second-order valence-corrected chi connectivity index (χ2v) is 7.97. The molecular formula is C17H26N2O6S. The van der Waals surface area contributed by atoms with Gasteiger partial charge in [-0.1, -0.05) is 19.9 Å². The predicted octanol–water partition coefficient (Wildman–Crippen LogP) is 1.18. The van der Waals surface area contributed by atoms with Crippen LogP contribution in [0.5, 0.6) is 0 Å². The first-order chi connectivity index (χ1) is 12.2. The monoisotopic (exact) mass is 386 g/mol. The molecule has 0 spiro atoms. The highest BCUT2D eigenvalue weighted by Gasteiger charge is 2.20. The molecular weight excluding hydrogens is 360 g/mol. The summed E-state index contributed by atoms with van der Waals surface area (Å²) in [7, 11) is -2.29. The SMILES string of the molecule is COCCNS(=O)(=O)c1cccc(C(=O)N(CCC(=O)O)CC(C)C)c1. The van der Waals surface area contributed by atoms with Crippen molar-refractivity contribution in [1.29, 1.82) is 0 Å². The van der Waals surface area contributed by atoms with Crippen LogP contribution in [0.2, 0.25) is 0 Å². The molecule has 26 heavy (non-hydrogen) atoms. The fraction of sp³-hybridized carbons (Fsp3) is 0.529. The molecule has 0 aliphatic carbocycles. The van der Waals surface area contributed by atoms with Crippen molar-refractivity contribution in [2.75, 3.05) is 33.4 Å². The summed E-state index contributed by atoms with van der Waals surface area (Å²) < 4.78 is 31.8. The van der Waals surface area contributed by atoms with E-state index in [1.165, 1.54) is 36.3 Å². The molecule has 1 aromatic rings. The molecule has 2 N–H and O–H groups in total. The van der Waals surface area contributed by atoms with Crippen LogP contribution in [0.1, 0.15) is 30.6 Å². The van der Waals surface area contributed by atoms with Crippen molar-refractivity contribution >= 4 is 21.9 Å². The third-order valence-corrected chi connectivity index (χ3v) is 4.92. The summed E-state index contributed by atoms with van der Waals surface area (Å²) >= 11 is 0. The zero-order valence-electron chi connectivity index (χ0n) is 15.3. The first-order valence-electron chi connectivity index (χ1n) is 8.27. The van der Waals surface area contributed by atoms with E-state index in [2.05, 4.69) is 4.72 Å². The quantitative estimate of drug-likeness (QED) is 0.552. The zero-order chi connectivity index (χ0) is 19.7. The Hall–Kier alpha value is -1.97. The molecule has 0 bridgehead atoms. The van der Waals surface area contributed by atoms with Gasteiger partial charge < -0.3 is 14.7 Å². The maximum Gasteiger partial charge on any atom is 0.305 e. The van der Waals surface area contributed by atoms with Crippen LogP contribution in [0.4, 0.5) is 0 Å². The second-order valence-electron chi connectivity index (χ2n) is 6.21. The molecule has 0 aromatic heterocycles. The van der Waals surface area contributed by atoms with Crippen molar-refractivity contribution in [3.8, 4) is 0 Å². The first kappa shape index (κ1) is 22.1. The van der Waals surface area contributed by atoms with Gasteiger partial charge in [0.05, 0.1) is 17.9 Å². The third-order valence-electron chi connectivity index (χ3n) is 3.46. The highest BCUT2D eigenvalue weighted by atomic mass is 32.2. The Balaban J connectivity index is 3.01. The van der Waals surface area contributed by atoms with Gasteiger partial charge in [-0.25, -0.2) is 13.1 Å². The van der Waals surface area contributed by atoms with E-state index in [-0.39, 0.29) is 42.5 Å². The minimum atomic E-state index is -3.76. The number of ether oxygens (including phenoxy) is 1. The molecule has 1 amide bonds. The van der Waals surface area contributed by atoms with Crippen molar-refractivity contribution in [3.05, 3.63) is 29.8 Å². The number of sulfonamides is 1. The van der Waals surface area contributed by atoms with Crippen molar-refractivity contribution in [1.82, 2.24) is 9.62 Å². The number of benzene rings is 1. The molecule has 9 heteroatoms. The molecule has 0 radical (unpaired) electrons. The molecule has 0 heterocycles. The summed E-state index contributed by atoms with van der Waals surface area (Å²) in [6.07, 6.45) is -0.172. The van der Waals surface area contributed by atoms with Gasteiger partial charge in [0.1, 0.15) is 0 Å². The maximum absolute atomic E-state index is 12.7. The Morgan fingerprint density at radius 1 is 1.31 bits per heavy atom. The second kappa shape index (κ2) is 10.2. The van der Waals surface area contributed by atoms with E-state index in [0.717, 1.165) is 0 Å². The summed E-state index contributed by atoms with van der Waals surface area (Å²) in [5, 5.41) is 8.87. The van der Waals surface area contributed by atoms with Gasteiger partial charge in [0.25, 0.3) is 5.91 Å². The average molecular weight is 386 g/mol. The van der Waals surface area contributed by atoms with E-state index in [1.807, 2.05) is 13.8 Å². The lowest BCUT2D eigenvalue weighted by Gasteiger charge is -2.24. The zero-order valence-corrected chi connectivity index (χ0v) is 16.1. The number of nitrogens with one attached hydrogen (secondary N) is 1. The van der Waals surface area contributed by atoms with Gasteiger partial charge in [0.2, 0.25) is 10.0 Å². The van der Waals surface area contributed by atoms with Gasteiger partial charge in [-0.15, -0.1) is 0 Å². The summed E-state index contributed by atoms with van der Waals surface area (Å²) in [6, 6.07) is 5.70. The number of aliphatic carboxylic acids is 1. The van der Waals surface area contributed by atoms with Gasteiger partial charge in [-0.3, -0.25) is 9.59 Å². The number of amides is 1. The topological polar surface area (TPSA) is 113 Å². The number of carbonyl (C=O) groups is 2. The number of carbonyl (C=O) groups excluding carboxylic acids is 1. The molecule has 0 saturated carbocycles. The van der Waals surface area contributed by atoms with E-state index in [0.29, 0.717) is 6.54 Å². The summed E-state index contributed by atoms with van der Waals surface area (Å²) in [5.74, 6) is -1.24. The highest BCUT2D eigenvalue weighted by molar-refractivity contribution is 7.89. The fourth-order valence-corrected chi connectivity index (χ4v) is 3.35. The summed E-state index contributed by atoms with van der Waals surface area (Å²) in [5.41, 5.74) is 0.200. The van der Waals surface area contributed by atoms with Crippen molar-refractivity contribution < 1.29 is 27.9 Å². The van der Waals surface area contributed by atoms with Crippen LogP contribution in [-0.2, 0) is 19.6 Å². The van der Waals surface area contributed by atoms with Gasteiger partial charge in [-0.05, 0) is 24.1 Å². The standard InChI is InChI=1S/C17H26N2O6S/c1-13(2)12-19(9-7-16(20)21)17(22)14-5-4-6-15(11-14)26(23,24)18-8-10-25-3/h4-6,11,13,18H,7-10,12H2,1-3H3,(H,20,21). The minimum Gasteiger partial charge on any atom is -0.481 e. The number of rotatable bonds is 11. The molecule has 0 unspecified atom stereocenters. The Morgan fingerprint density at radius 2 is 2.00 bits per heavy atom. The van der Waals surface area contributed by atoms with Crippen LogP contribution in [0.25, 0.3) is 0 Å². The smallest absolute Gasteiger partial charge is 0.305 e. The van der Waals surface area contributed by atoms with Crippen LogP contribution < -0.4 is 4.72 Å². The molecule has 8 nitrogen and oxygen atoms in total. The van der Waals surface area contributed by atoms with Crippen LogP contribution in [-0.4, -0.2) is 63.7 Å². The molecule has 0 fully saturated rings. The average Bonchev–Trinajstić information content (AvgIpc) is 2.57. The maximum atomic E-state index is 12.7. The van der Waals surface area contributed by atoms with Gasteiger partial charge in [0, 0.05) is 32.3 Å². The molecule has 1 rings (SSSR count). The van der Waals surface area contributed by atoms with Crippen molar-refractivity contribution in [3.63, 3.8) is 0 Å². The van der Waals surface area contributed by atoms with Gasteiger partial charge >= 0.3 is 5.97 Å². The third kappa shape index (κ3) is 7.11. The number of carboxylic acids is 1. The van der Waals surface area contributed by atoms with Crippen molar-refractivity contribution in [2.45, 2.75) is 25.2 Å². The van der Waals surface area contributed by atoms with Crippen LogP contribution >= 0.6 is 0 Å². The van der Waals surface area contributed by atoms with Crippen LogP contribution in [0.15, 0.2) is 29.2 Å². The Labute approximate surface area is 154 Å². The number of methoxy groups -OCH3 is 1. The molecule has 0 aliphatic rings. The van der Waals surface area contributed by atoms with E-state index >= 15 is 0 Å². The Morgan fingerprint density at radius 3 is 2.58 bits per heavy atom. The normalized spacial score (nSPS) is 11.5. The lowest BCUT2D eigenvalue weighted by molar-refractivity contribution is -0.137. The van der Waals surface area contributed by atoms with E-state index < -0.39 is 21.9 Å². The van der Waals surface area contributed by atoms with Crippen molar-refractivity contribution in [2.24, 2.45) is 5.92 Å². The van der Waals surface area contributed by atoms with E-state index in [9.17, 15) is 18.0 Å². The van der Waals surface area contributed by atoms with E-state index in [4.69, 9.17) is 9.84 Å². The predicted molar refractivity (Wildman–Crippen MR) is 96.5 cm³/mol. The number of carboxylic acid groups (broad SMARTS) is 1. The number of hydrogen-bond donors (Lipinski definition) is 2. The molecule has 146 valence electrons. The lowest BCUT2D eigenvalue weighted by atomic mass is 10.1. The molecule has 0 atom stereocenters. The Kier molecular flexibility index (Phi) is 8.70. The number of hydrogen-bond acceptors (Lipinski definition) is 5. The van der Waals surface area contributed by atoms with Gasteiger partial charge in [0.15, 0.2) is 0 Å². The fourth-order valence-electron chi connectivity index (χ4n) is 2.29. The molecule has 0 aliphatic heterocycles. The summed E-state index contributed by atoms with van der Waals surface area (Å²) in [4.78, 5) is 25.0. The van der Waals surface area contributed by atoms with Crippen LogP contribution in [0.3, 0.4) is 0 Å². The first-order valence-corrected chi connectivity index (χ1v) is 9.75. The van der Waals surface area contributed by atoms with Gasteiger partial charge in [-0.2, -0.15) is 0 Å². The minimum absolute atomic E-state index is 0.0258. The largest absolute Gasteiger partial charge is 0.481 e.